The molecule has 0 N–H and O–H groups in total. The molecule has 2 heterocycles. The predicted octanol–water partition coefficient (Wildman–Crippen LogP) is 3.36. The molecule has 0 saturated heterocycles. The van der Waals surface area contributed by atoms with Crippen molar-refractivity contribution in [1.82, 2.24) is 9.38 Å². The van der Waals surface area contributed by atoms with Crippen LogP contribution in [-0.4, -0.2) is 28.7 Å². The van der Waals surface area contributed by atoms with Gasteiger partial charge in [-0.05, 0) is 13.8 Å². The minimum atomic E-state index is 0.266. The van der Waals surface area contributed by atoms with Crippen molar-refractivity contribution in [3.8, 4) is 0 Å². The summed E-state index contributed by atoms with van der Waals surface area (Å²) in [4.78, 5) is 5.29. The maximum absolute atomic E-state index is 5.52. The van der Waals surface area contributed by atoms with Crippen molar-refractivity contribution in [2.75, 3.05) is 13.2 Å². The zero-order valence-corrected chi connectivity index (χ0v) is 12.4. The molecule has 2 rings (SSSR count). The maximum atomic E-state index is 5.52. The summed E-state index contributed by atoms with van der Waals surface area (Å²) in [6.45, 7) is 9.88. The van der Waals surface area contributed by atoms with Crippen LogP contribution in [0.25, 0.3) is 4.96 Å². The Hall–Kier alpha value is -0.910. The molecule has 4 nitrogen and oxygen atoms in total. The minimum Gasteiger partial charge on any atom is -0.376 e. The topological polar surface area (TPSA) is 35.8 Å². The average molecular weight is 270 g/mol. The number of thiazole rings is 1. The lowest BCUT2D eigenvalue weighted by atomic mass is 10.5. The van der Waals surface area contributed by atoms with Crippen LogP contribution in [0.15, 0.2) is 17.8 Å². The van der Waals surface area contributed by atoms with Gasteiger partial charge in [-0.3, -0.25) is 4.40 Å². The molecule has 0 aliphatic heterocycles. The van der Waals surface area contributed by atoms with Crippen molar-refractivity contribution < 1.29 is 9.47 Å². The van der Waals surface area contributed by atoms with Gasteiger partial charge >= 0.3 is 0 Å². The van der Waals surface area contributed by atoms with Crippen LogP contribution in [0.4, 0.5) is 0 Å². The molecule has 0 saturated carbocycles. The van der Waals surface area contributed by atoms with Gasteiger partial charge in [0.05, 0.1) is 37.8 Å². The summed E-state index contributed by atoms with van der Waals surface area (Å²) in [6.07, 6.45) is 4.13. The molecule has 0 aliphatic carbocycles. The zero-order chi connectivity index (χ0) is 13.4. The molecular formula is C13H22N2O2S. The Bertz CT molecular complexity index is 437. The molecule has 0 amide bonds. The molecule has 0 radical (unpaired) electrons. The van der Waals surface area contributed by atoms with Gasteiger partial charge in [0, 0.05) is 11.6 Å². The standard InChI is InChI=1S/C11H16N2O2S.C2H6/c1-9(2)15-5-4-14-8-10-7-12-11-13(10)3-6-16-11;1-2/h3,6-7,9H,4-5,8H2,1-2H3;1-2H3. The van der Waals surface area contributed by atoms with E-state index >= 15 is 0 Å². The number of nitrogens with zero attached hydrogens (tertiary/aromatic N) is 2. The third kappa shape index (κ3) is 4.40. The first kappa shape index (κ1) is 15.1. The van der Waals surface area contributed by atoms with E-state index in [9.17, 15) is 0 Å². The fourth-order valence-electron chi connectivity index (χ4n) is 1.40. The van der Waals surface area contributed by atoms with E-state index in [1.165, 1.54) is 0 Å². The van der Waals surface area contributed by atoms with E-state index in [-0.39, 0.29) is 6.10 Å². The monoisotopic (exact) mass is 270 g/mol. The fourth-order valence-corrected chi connectivity index (χ4v) is 2.11. The molecule has 0 bridgehead atoms. The van der Waals surface area contributed by atoms with E-state index in [4.69, 9.17) is 9.47 Å². The van der Waals surface area contributed by atoms with Crippen molar-refractivity contribution >= 4 is 16.3 Å². The summed E-state index contributed by atoms with van der Waals surface area (Å²) in [6, 6.07) is 0. The Kier molecular flexibility index (Phi) is 6.93. The third-order valence-corrected chi connectivity index (χ3v) is 2.92. The number of hydrogen-bond donors (Lipinski definition) is 0. The summed E-state index contributed by atoms with van der Waals surface area (Å²) >= 11 is 1.63. The molecule has 0 spiro atoms. The quantitative estimate of drug-likeness (QED) is 0.755. The van der Waals surface area contributed by atoms with Gasteiger partial charge in [0.25, 0.3) is 0 Å². The molecule has 0 fully saturated rings. The molecule has 102 valence electrons. The van der Waals surface area contributed by atoms with Crippen LogP contribution >= 0.6 is 11.3 Å². The predicted molar refractivity (Wildman–Crippen MR) is 75.2 cm³/mol. The number of rotatable bonds is 6. The molecule has 0 atom stereocenters. The number of fused-ring (bicyclic) bond motifs is 1. The Morgan fingerprint density at radius 3 is 2.83 bits per heavy atom. The van der Waals surface area contributed by atoms with Crippen LogP contribution in [-0.2, 0) is 16.1 Å². The largest absolute Gasteiger partial charge is 0.376 e. The molecule has 5 heteroatoms. The fraction of sp³-hybridized carbons (Fsp3) is 0.615. The third-order valence-electron chi connectivity index (χ3n) is 2.15. The van der Waals surface area contributed by atoms with Crippen LogP contribution < -0.4 is 0 Å². The van der Waals surface area contributed by atoms with Crippen LogP contribution in [0.2, 0.25) is 0 Å². The van der Waals surface area contributed by atoms with Crippen LogP contribution in [0.3, 0.4) is 0 Å². The maximum Gasteiger partial charge on any atom is 0.193 e. The molecule has 18 heavy (non-hydrogen) atoms. The highest BCUT2D eigenvalue weighted by molar-refractivity contribution is 7.15. The van der Waals surface area contributed by atoms with E-state index < -0.39 is 0 Å². The highest BCUT2D eigenvalue weighted by Gasteiger charge is 2.03. The van der Waals surface area contributed by atoms with Crippen molar-refractivity contribution in [2.24, 2.45) is 0 Å². The van der Waals surface area contributed by atoms with Gasteiger partial charge in [-0.25, -0.2) is 4.98 Å². The first-order chi connectivity index (χ1) is 8.77. The Morgan fingerprint density at radius 1 is 1.33 bits per heavy atom. The number of imidazole rings is 1. The Labute approximate surface area is 113 Å². The lowest BCUT2D eigenvalue weighted by Gasteiger charge is -2.07. The molecule has 2 aromatic rings. The van der Waals surface area contributed by atoms with Gasteiger partial charge in [-0.2, -0.15) is 0 Å². The smallest absolute Gasteiger partial charge is 0.193 e. The minimum absolute atomic E-state index is 0.266. The van der Waals surface area contributed by atoms with E-state index in [0.29, 0.717) is 19.8 Å². The summed E-state index contributed by atoms with van der Waals surface area (Å²) in [5.74, 6) is 0. The number of hydrogen-bond acceptors (Lipinski definition) is 4. The SMILES string of the molecule is CC.CC(C)OCCOCc1cnc2sccn12. The summed E-state index contributed by atoms with van der Waals surface area (Å²) in [7, 11) is 0. The highest BCUT2D eigenvalue weighted by atomic mass is 32.1. The van der Waals surface area contributed by atoms with Gasteiger partial charge in [0.15, 0.2) is 4.96 Å². The van der Waals surface area contributed by atoms with E-state index in [1.807, 2.05) is 49.9 Å². The van der Waals surface area contributed by atoms with Crippen LogP contribution in [0, 0.1) is 0 Å². The number of aromatic nitrogens is 2. The lowest BCUT2D eigenvalue weighted by molar-refractivity contribution is 0.0134. The first-order valence-corrected chi connectivity index (χ1v) is 7.24. The first-order valence-electron chi connectivity index (χ1n) is 6.36. The Morgan fingerprint density at radius 2 is 2.11 bits per heavy atom. The summed E-state index contributed by atoms with van der Waals surface area (Å²) in [5, 5.41) is 2.02. The second kappa shape index (κ2) is 8.24. The van der Waals surface area contributed by atoms with Gasteiger partial charge in [0.2, 0.25) is 0 Å². The van der Waals surface area contributed by atoms with E-state index in [0.717, 1.165) is 10.7 Å². The average Bonchev–Trinajstić information content (AvgIpc) is 2.95. The van der Waals surface area contributed by atoms with Crippen molar-refractivity contribution in [1.29, 1.82) is 0 Å². The second-order valence-corrected chi connectivity index (χ2v) is 4.65. The summed E-state index contributed by atoms with van der Waals surface area (Å²) < 4.78 is 13.0. The molecule has 0 aliphatic rings. The molecule has 0 aromatic carbocycles. The zero-order valence-electron chi connectivity index (χ0n) is 11.5. The lowest BCUT2D eigenvalue weighted by Crippen LogP contribution is -2.09. The van der Waals surface area contributed by atoms with Gasteiger partial charge in [-0.1, -0.05) is 13.8 Å². The van der Waals surface area contributed by atoms with Crippen molar-refractivity contribution in [3.05, 3.63) is 23.5 Å². The molecule has 2 aromatic heterocycles. The Balaban J connectivity index is 0.000000771. The van der Waals surface area contributed by atoms with Crippen molar-refractivity contribution in [2.45, 2.75) is 40.4 Å². The molecule has 0 unspecified atom stereocenters. The normalized spacial score (nSPS) is 10.7. The number of ether oxygens (including phenoxy) is 2. The van der Waals surface area contributed by atoms with E-state index in [1.54, 1.807) is 11.3 Å². The summed E-state index contributed by atoms with van der Waals surface area (Å²) in [5.41, 5.74) is 1.08. The van der Waals surface area contributed by atoms with Gasteiger partial charge < -0.3 is 9.47 Å². The molecular weight excluding hydrogens is 248 g/mol. The van der Waals surface area contributed by atoms with Gasteiger partial charge in [-0.15, -0.1) is 11.3 Å². The second-order valence-electron chi connectivity index (χ2n) is 3.78. The highest BCUT2D eigenvalue weighted by Crippen LogP contribution is 2.13. The van der Waals surface area contributed by atoms with Crippen LogP contribution in [0.5, 0.6) is 0 Å². The van der Waals surface area contributed by atoms with Crippen LogP contribution in [0.1, 0.15) is 33.4 Å². The van der Waals surface area contributed by atoms with E-state index in [2.05, 4.69) is 4.98 Å². The van der Waals surface area contributed by atoms with Gasteiger partial charge in [0.1, 0.15) is 0 Å². The van der Waals surface area contributed by atoms with Crippen molar-refractivity contribution in [3.63, 3.8) is 0 Å².